The Kier molecular flexibility index (Phi) is 5.29. The molecule has 3 aromatic carbocycles. The zero-order valence-electron chi connectivity index (χ0n) is 19.6. The number of carbonyl (C=O) groups is 1. The number of aliphatic hydroxyl groups is 1. The molecule has 5 nitrogen and oxygen atoms in total. The average Bonchev–Trinajstić information content (AvgIpc) is 3.35. The third-order valence-corrected chi connectivity index (χ3v) is 7.99. The van der Waals surface area contributed by atoms with E-state index in [1.54, 1.807) is 17.0 Å². The maximum atomic E-state index is 14.7. The van der Waals surface area contributed by atoms with Crippen LogP contribution >= 0.6 is 0 Å². The highest BCUT2D eigenvalue weighted by Crippen LogP contribution is 2.48. The van der Waals surface area contributed by atoms with E-state index >= 15 is 0 Å². The lowest BCUT2D eigenvalue weighted by Gasteiger charge is -2.43. The number of hydrogen-bond donors (Lipinski definition) is 1. The Balaban J connectivity index is 1.19. The molecule has 3 aliphatic rings. The molecule has 2 saturated heterocycles. The number of rotatable bonds is 4. The van der Waals surface area contributed by atoms with E-state index in [0.717, 1.165) is 12.8 Å². The van der Waals surface area contributed by atoms with Gasteiger partial charge >= 0.3 is 6.09 Å². The van der Waals surface area contributed by atoms with Crippen molar-refractivity contribution in [3.63, 3.8) is 0 Å². The topological polar surface area (TPSA) is 59.0 Å². The summed E-state index contributed by atoms with van der Waals surface area (Å²) in [4.78, 5) is 15.1. The highest BCUT2D eigenvalue weighted by molar-refractivity contribution is 5.79. The fourth-order valence-corrected chi connectivity index (χ4v) is 6.40. The molecule has 3 aromatic rings. The third kappa shape index (κ3) is 3.59. The van der Waals surface area contributed by atoms with Crippen LogP contribution in [0.1, 0.15) is 48.3 Å². The van der Waals surface area contributed by atoms with E-state index in [9.17, 15) is 14.3 Å². The molecule has 2 atom stereocenters. The quantitative estimate of drug-likeness (QED) is 0.536. The molecule has 180 valence electrons. The van der Waals surface area contributed by atoms with Crippen LogP contribution in [0.15, 0.2) is 66.7 Å². The Morgan fingerprint density at radius 2 is 1.60 bits per heavy atom. The summed E-state index contributed by atoms with van der Waals surface area (Å²) in [7, 11) is 1.52. The first kappa shape index (κ1) is 22.1. The molecule has 2 unspecified atom stereocenters. The Bertz CT molecular complexity index is 1230. The predicted octanol–water partition coefficient (Wildman–Crippen LogP) is 5.60. The minimum atomic E-state index is -1.34. The van der Waals surface area contributed by atoms with Crippen LogP contribution < -0.4 is 4.74 Å². The smallest absolute Gasteiger partial charge is 0.410 e. The number of benzene rings is 3. The molecule has 1 aliphatic carbocycles. The number of amides is 1. The van der Waals surface area contributed by atoms with Gasteiger partial charge in [-0.3, -0.25) is 0 Å². The fraction of sp³-hybridized carbons (Fsp3) is 0.345. The Labute approximate surface area is 204 Å². The van der Waals surface area contributed by atoms with E-state index in [1.165, 1.54) is 35.4 Å². The second kappa shape index (κ2) is 8.38. The maximum Gasteiger partial charge on any atom is 0.410 e. The van der Waals surface area contributed by atoms with Crippen LogP contribution in [0.5, 0.6) is 5.75 Å². The number of fused-ring (bicyclic) bond motifs is 5. The van der Waals surface area contributed by atoms with Gasteiger partial charge in [0.05, 0.1) is 12.7 Å². The molecule has 0 saturated carbocycles. The SMILES string of the molecule is COc1ccc(F)c(C2(O)CC3CCC(C2)N3C(=O)OCC2c3ccccc3-c3ccccc32)c1. The van der Waals surface area contributed by atoms with E-state index < -0.39 is 11.4 Å². The summed E-state index contributed by atoms with van der Waals surface area (Å²) in [5, 5.41) is 11.5. The van der Waals surface area contributed by atoms with Crippen LogP contribution in [0.4, 0.5) is 9.18 Å². The molecule has 2 heterocycles. The number of piperidine rings is 1. The number of halogens is 1. The summed E-state index contributed by atoms with van der Waals surface area (Å²) in [5.74, 6) is 0.0417. The monoisotopic (exact) mass is 473 g/mol. The second-order valence-corrected chi connectivity index (χ2v) is 9.88. The Morgan fingerprint density at radius 1 is 1.00 bits per heavy atom. The van der Waals surface area contributed by atoms with Crippen LogP contribution in [0, 0.1) is 5.82 Å². The zero-order valence-corrected chi connectivity index (χ0v) is 19.6. The Morgan fingerprint density at radius 3 is 2.20 bits per heavy atom. The molecule has 35 heavy (non-hydrogen) atoms. The van der Waals surface area contributed by atoms with Crippen molar-refractivity contribution in [1.82, 2.24) is 4.90 Å². The standard InChI is InChI=1S/C29H28FNO4/c1-34-20-12-13-27(30)26(14-20)29(33)15-18-10-11-19(16-29)31(18)28(32)35-17-25-23-8-4-2-6-21(23)22-7-3-5-9-24(22)25/h2-9,12-14,18-19,25,33H,10-11,15-17H2,1H3. The second-order valence-electron chi connectivity index (χ2n) is 9.88. The van der Waals surface area contributed by atoms with Gasteiger partial charge in [-0.2, -0.15) is 0 Å². The number of methoxy groups -OCH3 is 1. The van der Waals surface area contributed by atoms with Gasteiger partial charge in [0.2, 0.25) is 0 Å². The van der Waals surface area contributed by atoms with E-state index in [4.69, 9.17) is 9.47 Å². The van der Waals surface area contributed by atoms with Crippen molar-refractivity contribution in [3.05, 3.63) is 89.2 Å². The van der Waals surface area contributed by atoms with Crippen molar-refractivity contribution in [3.8, 4) is 16.9 Å². The average molecular weight is 474 g/mol. The summed E-state index contributed by atoms with van der Waals surface area (Å²) < 4.78 is 25.8. The number of carbonyl (C=O) groups excluding carboxylic acids is 1. The van der Waals surface area contributed by atoms with E-state index in [0.29, 0.717) is 5.75 Å². The molecule has 0 radical (unpaired) electrons. The molecule has 0 spiro atoms. The van der Waals surface area contributed by atoms with E-state index in [-0.39, 0.29) is 49.1 Å². The van der Waals surface area contributed by atoms with Crippen LogP contribution in [-0.4, -0.2) is 41.9 Å². The summed E-state index contributed by atoms with van der Waals surface area (Å²) in [5.41, 5.74) is 3.61. The first-order chi connectivity index (χ1) is 17.0. The minimum absolute atomic E-state index is 0.00314. The minimum Gasteiger partial charge on any atom is -0.497 e. The zero-order chi connectivity index (χ0) is 24.2. The van der Waals surface area contributed by atoms with Gasteiger partial charge in [-0.1, -0.05) is 48.5 Å². The number of ether oxygens (including phenoxy) is 2. The van der Waals surface area contributed by atoms with E-state index in [2.05, 4.69) is 24.3 Å². The van der Waals surface area contributed by atoms with Gasteiger partial charge in [0.1, 0.15) is 18.2 Å². The van der Waals surface area contributed by atoms with Gasteiger partial charge in [-0.15, -0.1) is 0 Å². The Hall–Kier alpha value is -3.38. The normalized spacial score (nSPS) is 24.7. The van der Waals surface area contributed by atoms with Gasteiger partial charge in [-0.05, 0) is 53.3 Å². The molecule has 6 rings (SSSR count). The molecule has 0 aromatic heterocycles. The van der Waals surface area contributed by atoms with Gasteiger partial charge in [0.15, 0.2) is 0 Å². The molecule has 6 heteroatoms. The summed E-state index contributed by atoms with van der Waals surface area (Å²) in [6, 6.07) is 20.6. The highest BCUT2D eigenvalue weighted by Gasteiger charge is 2.51. The summed E-state index contributed by atoms with van der Waals surface area (Å²) >= 11 is 0. The van der Waals surface area contributed by atoms with Crippen molar-refractivity contribution in [2.24, 2.45) is 0 Å². The molecule has 1 amide bonds. The lowest BCUT2D eigenvalue weighted by atomic mass is 9.80. The fourth-order valence-electron chi connectivity index (χ4n) is 6.40. The third-order valence-electron chi connectivity index (χ3n) is 7.99. The van der Waals surface area contributed by atoms with Gasteiger partial charge < -0.3 is 19.5 Å². The lowest BCUT2D eigenvalue weighted by Crippen LogP contribution is -2.52. The van der Waals surface area contributed by atoms with Crippen molar-refractivity contribution in [2.45, 2.75) is 49.3 Å². The summed E-state index contributed by atoms with van der Waals surface area (Å²) in [6.45, 7) is 0.261. The first-order valence-electron chi connectivity index (χ1n) is 12.2. The van der Waals surface area contributed by atoms with Crippen LogP contribution in [0.3, 0.4) is 0 Å². The summed E-state index contributed by atoms with van der Waals surface area (Å²) in [6.07, 6.45) is 1.73. The van der Waals surface area contributed by atoms with Gasteiger partial charge in [-0.25, -0.2) is 9.18 Å². The van der Waals surface area contributed by atoms with Gasteiger partial charge in [0.25, 0.3) is 0 Å². The van der Waals surface area contributed by atoms with Gasteiger partial charge in [0, 0.05) is 36.4 Å². The molecule has 2 fully saturated rings. The molecular weight excluding hydrogens is 445 g/mol. The molecule has 2 bridgehead atoms. The first-order valence-corrected chi connectivity index (χ1v) is 12.2. The largest absolute Gasteiger partial charge is 0.497 e. The number of hydrogen-bond acceptors (Lipinski definition) is 4. The van der Waals surface area contributed by atoms with Crippen LogP contribution in [0.25, 0.3) is 11.1 Å². The maximum absolute atomic E-state index is 14.7. The molecular formula is C29H28FNO4. The van der Waals surface area contributed by atoms with Crippen molar-refractivity contribution in [2.75, 3.05) is 13.7 Å². The van der Waals surface area contributed by atoms with Crippen molar-refractivity contribution in [1.29, 1.82) is 0 Å². The van der Waals surface area contributed by atoms with Crippen molar-refractivity contribution < 1.29 is 23.8 Å². The highest BCUT2D eigenvalue weighted by atomic mass is 19.1. The van der Waals surface area contributed by atoms with Crippen LogP contribution in [0.2, 0.25) is 0 Å². The lowest BCUT2D eigenvalue weighted by molar-refractivity contribution is -0.0552. The predicted molar refractivity (Wildman–Crippen MR) is 130 cm³/mol. The van der Waals surface area contributed by atoms with E-state index in [1.807, 2.05) is 24.3 Å². The molecule has 1 N–H and O–H groups in total. The number of nitrogens with zero attached hydrogens (tertiary/aromatic N) is 1. The van der Waals surface area contributed by atoms with Crippen molar-refractivity contribution >= 4 is 6.09 Å². The van der Waals surface area contributed by atoms with Crippen LogP contribution in [-0.2, 0) is 10.3 Å². The molecule has 2 aliphatic heterocycles.